The van der Waals surface area contributed by atoms with E-state index < -0.39 is 0 Å². The third-order valence-corrected chi connectivity index (χ3v) is 4.27. The molecular weight excluding hydrogens is 411 g/mol. The molecule has 0 bridgehead atoms. The van der Waals surface area contributed by atoms with Crippen molar-refractivity contribution in [3.63, 3.8) is 0 Å². The summed E-state index contributed by atoms with van der Waals surface area (Å²) in [7, 11) is 0. The highest BCUT2D eigenvalue weighted by Crippen LogP contribution is 2.11. The van der Waals surface area contributed by atoms with E-state index in [4.69, 9.17) is 4.74 Å². The van der Waals surface area contributed by atoms with Crippen LogP contribution < -0.4 is 15.6 Å². The van der Waals surface area contributed by atoms with E-state index in [9.17, 15) is 4.39 Å². The van der Waals surface area contributed by atoms with E-state index in [-0.39, 0.29) is 5.82 Å². The Labute approximate surface area is 196 Å². The van der Waals surface area contributed by atoms with Gasteiger partial charge in [0.25, 0.3) is 0 Å². The minimum Gasteiger partial charge on any atom is -0.487 e. The molecule has 0 saturated carbocycles. The van der Waals surface area contributed by atoms with Gasteiger partial charge in [-0.1, -0.05) is 96.6 Å². The molecule has 3 nitrogen and oxygen atoms in total. The van der Waals surface area contributed by atoms with Gasteiger partial charge in [-0.15, -0.1) is 0 Å². The summed E-state index contributed by atoms with van der Waals surface area (Å²) in [6.07, 6.45) is 0. The molecule has 33 heavy (non-hydrogen) atoms. The Bertz CT molecular complexity index is 1000. The van der Waals surface area contributed by atoms with E-state index in [1.807, 2.05) is 66.7 Å². The molecule has 0 spiro atoms. The molecule has 0 saturated heterocycles. The molecule has 0 heterocycles. The van der Waals surface area contributed by atoms with Crippen molar-refractivity contribution in [2.75, 3.05) is 12.0 Å². The van der Waals surface area contributed by atoms with Gasteiger partial charge in [-0.25, -0.2) is 4.39 Å². The first-order valence-electron chi connectivity index (χ1n) is 10.7. The zero-order valence-electron chi connectivity index (χ0n) is 19.2. The fourth-order valence-electron chi connectivity index (χ4n) is 2.49. The SMILES string of the molecule is C=C(COc1ccc(F)cc1)NNc1ccccc1.Cc1ccccc1.Cc1ccccc1. The lowest BCUT2D eigenvalue weighted by molar-refractivity contribution is 0.344. The standard InChI is InChI=1S/C15H15FN2O.2C7H8/c1-12(17-18-14-5-3-2-4-6-14)11-19-15-9-7-13(16)8-10-15;2*1-7-5-3-2-4-6-7/h2-10,17-18H,1,11H2;2*2-6H,1H3. The fourth-order valence-corrected chi connectivity index (χ4v) is 2.49. The monoisotopic (exact) mass is 442 g/mol. The van der Waals surface area contributed by atoms with Crippen molar-refractivity contribution >= 4 is 5.69 Å². The topological polar surface area (TPSA) is 33.3 Å². The van der Waals surface area contributed by atoms with Crippen molar-refractivity contribution in [2.24, 2.45) is 0 Å². The highest BCUT2D eigenvalue weighted by Gasteiger charge is 1.97. The van der Waals surface area contributed by atoms with Crippen molar-refractivity contribution in [2.45, 2.75) is 13.8 Å². The van der Waals surface area contributed by atoms with Crippen LogP contribution in [0.1, 0.15) is 11.1 Å². The number of benzene rings is 4. The Kier molecular flexibility index (Phi) is 11.4. The highest BCUT2D eigenvalue weighted by atomic mass is 19.1. The molecule has 0 aromatic heterocycles. The Hall–Kier alpha value is -4.05. The largest absolute Gasteiger partial charge is 0.487 e. The van der Waals surface area contributed by atoms with Gasteiger partial charge in [-0.05, 0) is 50.2 Å². The first kappa shape index (κ1) is 25.2. The number of hydrogen-bond acceptors (Lipinski definition) is 3. The van der Waals surface area contributed by atoms with Crippen LogP contribution in [-0.4, -0.2) is 6.61 Å². The molecule has 4 aromatic carbocycles. The first-order valence-corrected chi connectivity index (χ1v) is 10.7. The predicted molar refractivity (Wildman–Crippen MR) is 137 cm³/mol. The average molecular weight is 443 g/mol. The Morgan fingerprint density at radius 3 is 1.58 bits per heavy atom. The van der Waals surface area contributed by atoms with E-state index in [0.29, 0.717) is 18.1 Å². The molecule has 0 aliphatic carbocycles. The van der Waals surface area contributed by atoms with Gasteiger partial charge >= 0.3 is 0 Å². The van der Waals surface area contributed by atoms with Gasteiger partial charge in [0.05, 0.1) is 11.4 Å². The number of nitrogens with one attached hydrogen (secondary N) is 2. The number of hydrazine groups is 1. The van der Waals surface area contributed by atoms with Crippen LogP contribution in [-0.2, 0) is 0 Å². The molecule has 0 fully saturated rings. The summed E-state index contributed by atoms with van der Waals surface area (Å²) in [6, 6.07) is 36.1. The number of ether oxygens (including phenoxy) is 1. The average Bonchev–Trinajstić information content (AvgIpc) is 2.85. The molecule has 4 rings (SSSR count). The third-order valence-electron chi connectivity index (χ3n) is 4.27. The Balaban J connectivity index is 0.000000223. The third kappa shape index (κ3) is 11.8. The zero-order valence-corrected chi connectivity index (χ0v) is 19.2. The summed E-state index contributed by atoms with van der Waals surface area (Å²) in [5, 5.41) is 0. The number of para-hydroxylation sites is 1. The molecule has 4 aromatic rings. The second kappa shape index (κ2) is 14.9. The van der Waals surface area contributed by atoms with Crippen LogP contribution in [0.25, 0.3) is 0 Å². The molecule has 0 aliphatic heterocycles. The Morgan fingerprint density at radius 2 is 1.15 bits per heavy atom. The maximum Gasteiger partial charge on any atom is 0.129 e. The lowest BCUT2D eigenvalue weighted by atomic mass is 10.2. The summed E-state index contributed by atoms with van der Waals surface area (Å²) in [5.74, 6) is 0.319. The molecule has 0 unspecified atom stereocenters. The predicted octanol–water partition coefficient (Wildman–Crippen LogP) is 7.32. The van der Waals surface area contributed by atoms with E-state index in [1.165, 1.54) is 23.3 Å². The quantitative estimate of drug-likeness (QED) is 0.307. The van der Waals surface area contributed by atoms with Gasteiger partial charge in [-0.3, -0.25) is 0 Å². The second-order valence-electron chi connectivity index (χ2n) is 7.27. The Morgan fingerprint density at radius 1 is 0.697 bits per heavy atom. The maximum atomic E-state index is 12.7. The van der Waals surface area contributed by atoms with Crippen molar-refractivity contribution in [3.8, 4) is 5.75 Å². The van der Waals surface area contributed by atoms with Crippen LogP contribution in [0, 0.1) is 19.7 Å². The zero-order chi connectivity index (χ0) is 23.7. The van der Waals surface area contributed by atoms with Crippen molar-refractivity contribution in [1.29, 1.82) is 0 Å². The lowest BCUT2D eigenvalue weighted by Gasteiger charge is -2.13. The summed E-state index contributed by atoms with van der Waals surface area (Å²) in [6.45, 7) is 8.29. The number of hydrogen-bond donors (Lipinski definition) is 2. The molecule has 0 amide bonds. The first-order chi connectivity index (χ1) is 16.0. The molecular formula is C29H31FN2O. The van der Waals surface area contributed by atoms with E-state index >= 15 is 0 Å². The summed E-state index contributed by atoms with van der Waals surface area (Å²) >= 11 is 0. The fraction of sp³-hybridized carbons (Fsp3) is 0.103. The number of anilines is 1. The molecule has 4 heteroatoms. The van der Waals surface area contributed by atoms with Crippen molar-refractivity contribution in [1.82, 2.24) is 5.43 Å². The molecule has 0 radical (unpaired) electrons. The number of halogens is 1. The summed E-state index contributed by atoms with van der Waals surface area (Å²) in [4.78, 5) is 0. The lowest BCUT2D eigenvalue weighted by Crippen LogP contribution is -2.23. The van der Waals surface area contributed by atoms with Crippen molar-refractivity contribution < 1.29 is 9.13 Å². The van der Waals surface area contributed by atoms with Crippen LogP contribution >= 0.6 is 0 Å². The second-order valence-corrected chi connectivity index (χ2v) is 7.27. The smallest absolute Gasteiger partial charge is 0.129 e. The van der Waals surface area contributed by atoms with Gasteiger partial charge in [0.15, 0.2) is 0 Å². The van der Waals surface area contributed by atoms with E-state index in [0.717, 1.165) is 5.69 Å². The van der Waals surface area contributed by atoms with Gasteiger partial charge in [-0.2, -0.15) is 0 Å². The molecule has 170 valence electrons. The van der Waals surface area contributed by atoms with Gasteiger partial charge in [0.2, 0.25) is 0 Å². The van der Waals surface area contributed by atoms with E-state index in [2.05, 4.69) is 55.5 Å². The minimum absolute atomic E-state index is 0.282. The van der Waals surface area contributed by atoms with Crippen LogP contribution in [0.5, 0.6) is 5.75 Å². The molecule has 2 N–H and O–H groups in total. The van der Waals surface area contributed by atoms with Gasteiger partial charge in [0.1, 0.15) is 18.2 Å². The number of rotatable bonds is 6. The maximum absolute atomic E-state index is 12.7. The van der Waals surface area contributed by atoms with Crippen LogP contribution in [0.4, 0.5) is 10.1 Å². The van der Waals surface area contributed by atoms with E-state index in [1.54, 1.807) is 12.1 Å². The van der Waals surface area contributed by atoms with Crippen LogP contribution in [0.2, 0.25) is 0 Å². The minimum atomic E-state index is -0.282. The van der Waals surface area contributed by atoms with Crippen molar-refractivity contribution in [3.05, 3.63) is 144 Å². The van der Waals surface area contributed by atoms with Crippen LogP contribution in [0.3, 0.4) is 0 Å². The summed E-state index contributed by atoms with van der Waals surface area (Å²) in [5.41, 5.74) is 10.2. The molecule has 0 aliphatic rings. The highest BCUT2D eigenvalue weighted by molar-refractivity contribution is 5.41. The van der Waals surface area contributed by atoms with Crippen LogP contribution in [0.15, 0.2) is 128 Å². The summed E-state index contributed by atoms with van der Waals surface area (Å²) < 4.78 is 18.1. The normalized spacial score (nSPS) is 9.30. The van der Waals surface area contributed by atoms with Gasteiger partial charge < -0.3 is 15.6 Å². The molecule has 0 atom stereocenters. The van der Waals surface area contributed by atoms with Gasteiger partial charge in [0, 0.05) is 0 Å². The number of aryl methyl sites for hydroxylation is 2.